The maximum atomic E-state index is 12.2. The molecule has 1 aromatic carbocycles. The van der Waals surface area contributed by atoms with Gasteiger partial charge >= 0.3 is 11.9 Å². The molecule has 0 unspecified atom stereocenters. The van der Waals surface area contributed by atoms with Crippen molar-refractivity contribution in [3.63, 3.8) is 0 Å². The Labute approximate surface area is 139 Å². The van der Waals surface area contributed by atoms with E-state index >= 15 is 0 Å². The van der Waals surface area contributed by atoms with E-state index in [2.05, 4.69) is 0 Å². The lowest BCUT2D eigenvalue weighted by Crippen LogP contribution is -2.41. The molecule has 0 bridgehead atoms. The smallest absolute Gasteiger partial charge is 0.326 e. The number of hydrogen-bond donors (Lipinski definition) is 3. The van der Waals surface area contributed by atoms with Crippen molar-refractivity contribution in [2.24, 2.45) is 0 Å². The molecule has 0 aliphatic heterocycles. The van der Waals surface area contributed by atoms with Gasteiger partial charge in [-0.2, -0.15) is 0 Å². The van der Waals surface area contributed by atoms with Crippen LogP contribution in [0.1, 0.15) is 28.8 Å². The van der Waals surface area contributed by atoms with Gasteiger partial charge in [0.15, 0.2) is 0 Å². The Kier molecular flexibility index (Phi) is 6.08. The molecule has 134 valence electrons. The number of hydrogen-bond acceptors (Lipinski definition) is 7. The molecular weight excluding hydrogens is 342 g/mol. The van der Waals surface area contributed by atoms with Crippen LogP contribution in [0.4, 0.5) is 11.4 Å². The number of aliphatic carboxylic acids is 2. The van der Waals surface area contributed by atoms with Crippen LogP contribution in [0.15, 0.2) is 12.1 Å². The molecule has 0 spiro atoms. The zero-order valence-corrected chi connectivity index (χ0v) is 12.8. The molecule has 0 fully saturated rings. The summed E-state index contributed by atoms with van der Waals surface area (Å²) in [6.45, 7) is 1.18. The van der Waals surface area contributed by atoms with Crippen molar-refractivity contribution in [3.8, 4) is 0 Å². The number of nitro groups is 2. The summed E-state index contributed by atoms with van der Waals surface area (Å²) in [4.78, 5) is 53.8. The van der Waals surface area contributed by atoms with Gasteiger partial charge < -0.3 is 15.5 Å². The molecule has 0 radical (unpaired) electrons. The van der Waals surface area contributed by atoms with Gasteiger partial charge in [0.25, 0.3) is 17.3 Å². The van der Waals surface area contributed by atoms with E-state index in [-0.39, 0.29) is 5.56 Å². The second kappa shape index (κ2) is 7.81. The summed E-state index contributed by atoms with van der Waals surface area (Å²) in [6.07, 6.45) is -0.961. The van der Waals surface area contributed by atoms with Crippen LogP contribution < -0.4 is 5.32 Å². The van der Waals surface area contributed by atoms with Crippen molar-refractivity contribution in [2.75, 3.05) is 0 Å². The van der Waals surface area contributed by atoms with E-state index in [9.17, 15) is 34.6 Å². The zero-order chi connectivity index (χ0) is 19.3. The predicted octanol–water partition coefficient (Wildman–Crippen LogP) is 0.859. The van der Waals surface area contributed by atoms with Crippen LogP contribution in [-0.2, 0) is 9.59 Å². The lowest BCUT2D eigenvalue weighted by molar-refractivity contribution is -0.394. The fraction of sp³-hybridized carbons (Fsp3) is 0.308. The van der Waals surface area contributed by atoms with Crippen LogP contribution in [0.25, 0.3) is 0 Å². The lowest BCUT2D eigenvalue weighted by Gasteiger charge is -2.14. The Balaban J connectivity index is 3.22. The van der Waals surface area contributed by atoms with E-state index in [1.807, 2.05) is 5.32 Å². The number of carboxylic acids is 2. The number of amides is 1. The van der Waals surface area contributed by atoms with Gasteiger partial charge in [-0.3, -0.25) is 29.8 Å². The fourth-order valence-corrected chi connectivity index (χ4v) is 1.98. The monoisotopic (exact) mass is 355 g/mol. The summed E-state index contributed by atoms with van der Waals surface area (Å²) in [5, 5.41) is 41.4. The second-order valence-corrected chi connectivity index (χ2v) is 4.95. The zero-order valence-electron chi connectivity index (χ0n) is 12.8. The highest BCUT2D eigenvalue weighted by Crippen LogP contribution is 2.28. The molecule has 25 heavy (non-hydrogen) atoms. The first kappa shape index (κ1) is 19.5. The first-order chi connectivity index (χ1) is 11.5. The van der Waals surface area contributed by atoms with E-state index in [1.165, 1.54) is 6.92 Å². The Morgan fingerprint density at radius 3 is 2.20 bits per heavy atom. The number of carboxylic acid groups (broad SMARTS) is 2. The molecule has 1 atom stereocenters. The summed E-state index contributed by atoms with van der Waals surface area (Å²) < 4.78 is 0. The maximum absolute atomic E-state index is 12.2. The number of benzene rings is 1. The number of nitrogens with one attached hydrogen (secondary N) is 1. The average molecular weight is 355 g/mol. The Bertz CT molecular complexity index is 759. The third-order valence-electron chi connectivity index (χ3n) is 3.27. The van der Waals surface area contributed by atoms with E-state index < -0.39 is 63.5 Å². The molecule has 0 aromatic heterocycles. The fourth-order valence-electron chi connectivity index (χ4n) is 1.98. The van der Waals surface area contributed by atoms with Crippen LogP contribution >= 0.6 is 0 Å². The molecule has 1 aromatic rings. The van der Waals surface area contributed by atoms with Crippen molar-refractivity contribution in [2.45, 2.75) is 25.8 Å². The first-order valence-electron chi connectivity index (χ1n) is 6.73. The largest absolute Gasteiger partial charge is 0.481 e. The molecular formula is C13H13N3O9. The molecule has 0 aliphatic carbocycles. The van der Waals surface area contributed by atoms with Crippen LogP contribution in [0.5, 0.6) is 0 Å². The van der Waals surface area contributed by atoms with Crippen molar-refractivity contribution < 1.29 is 34.4 Å². The Hall–Kier alpha value is -3.57. The van der Waals surface area contributed by atoms with Gasteiger partial charge in [0.05, 0.1) is 21.5 Å². The number of non-ortho nitro benzene ring substituents is 1. The van der Waals surface area contributed by atoms with Gasteiger partial charge in [0, 0.05) is 18.1 Å². The summed E-state index contributed by atoms with van der Waals surface area (Å²) in [5.74, 6) is -3.88. The number of carbonyl (C=O) groups excluding carboxylic acids is 1. The standard InChI is InChI=1S/C13H13N3O9/c1-6-8(4-7(15(22)23)5-10(6)16(24)25)12(19)14-9(13(20)21)2-3-11(17)18/h4-5,9H,2-3H2,1H3,(H,14,19)(H,17,18)(H,20,21)/t9-/m0/s1. The van der Waals surface area contributed by atoms with Gasteiger partial charge in [0.1, 0.15) is 6.04 Å². The molecule has 12 nitrogen and oxygen atoms in total. The molecule has 1 rings (SSSR count). The molecule has 0 heterocycles. The molecule has 3 N–H and O–H groups in total. The molecule has 0 saturated heterocycles. The Morgan fingerprint density at radius 2 is 1.76 bits per heavy atom. The van der Waals surface area contributed by atoms with Gasteiger partial charge in [-0.25, -0.2) is 4.79 Å². The average Bonchev–Trinajstić information content (AvgIpc) is 2.50. The topological polar surface area (TPSA) is 190 Å². The van der Waals surface area contributed by atoms with Crippen molar-refractivity contribution in [1.82, 2.24) is 5.32 Å². The van der Waals surface area contributed by atoms with E-state index in [1.54, 1.807) is 0 Å². The second-order valence-electron chi connectivity index (χ2n) is 4.95. The number of nitro benzene ring substituents is 2. The van der Waals surface area contributed by atoms with Crippen LogP contribution in [0.2, 0.25) is 0 Å². The summed E-state index contributed by atoms with van der Waals surface area (Å²) in [7, 11) is 0. The van der Waals surface area contributed by atoms with Crippen LogP contribution in [-0.4, -0.2) is 43.9 Å². The van der Waals surface area contributed by atoms with Gasteiger partial charge in [-0.1, -0.05) is 0 Å². The minimum atomic E-state index is -1.57. The lowest BCUT2D eigenvalue weighted by atomic mass is 10.0. The SMILES string of the molecule is Cc1c(C(=O)N[C@@H](CCC(=O)O)C(=O)O)cc([N+](=O)[O-])cc1[N+](=O)[O-]. The van der Waals surface area contributed by atoms with Crippen molar-refractivity contribution in [1.29, 1.82) is 0 Å². The Morgan fingerprint density at radius 1 is 1.16 bits per heavy atom. The van der Waals surface area contributed by atoms with Crippen molar-refractivity contribution in [3.05, 3.63) is 43.5 Å². The highest BCUT2D eigenvalue weighted by Gasteiger charge is 2.27. The van der Waals surface area contributed by atoms with Gasteiger partial charge in [-0.05, 0) is 13.3 Å². The summed E-state index contributed by atoms with van der Waals surface area (Å²) >= 11 is 0. The van der Waals surface area contributed by atoms with Gasteiger partial charge in [-0.15, -0.1) is 0 Å². The first-order valence-corrected chi connectivity index (χ1v) is 6.73. The number of carbonyl (C=O) groups is 3. The highest BCUT2D eigenvalue weighted by molar-refractivity contribution is 5.99. The quantitative estimate of drug-likeness (QED) is 0.448. The molecule has 12 heteroatoms. The molecule has 1 amide bonds. The molecule has 0 aliphatic rings. The normalized spacial score (nSPS) is 11.4. The third-order valence-corrected chi connectivity index (χ3v) is 3.27. The minimum absolute atomic E-state index is 0.185. The van der Waals surface area contributed by atoms with E-state index in [0.29, 0.717) is 6.07 Å². The number of rotatable bonds is 8. The summed E-state index contributed by atoms with van der Waals surface area (Å²) in [5.41, 5.74) is -2.01. The van der Waals surface area contributed by atoms with E-state index in [0.717, 1.165) is 6.07 Å². The highest BCUT2D eigenvalue weighted by atomic mass is 16.6. The van der Waals surface area contributed by atoms with Gasteiger partial charge in [0.2, 0.25) is 0 Å². The van der Waals surface area contributed by atoms with Crippen LogP contribution in [0, 0.1) is 27.2 Å². The van der Waals surface area contributed by atoms with Crippen molar-refractivity contribution >= 4 is 29.2 Å². The van der Waals surface area contributed by atoms with E-state index in [4.69, 9.17) is 10.2 Å². The molecule has 0 saturated carbocycles. The van der Waals surface area contributed by atoms with Crippen LogP contribution in [0.3, 0.4) is 0 Å². The third kappa shape index (κ3) is 4.95. The maximum Gasteiger partial charge on any atom is 0.326 e. The minimum Gasteiger partial charge on any atom is -0.481 e. The summed E-state index contributed by atoms with van der Waals surface area (Å²) in [6, 6.07) is -0.0970. The predicted molar refractivity (Wildman–Crippen MR) is 80.2 cm³/mol. The number of nitrogens with zero attached hydrogens (tertiary/aromatic N) is 2.